The zero-order valence-corrected chi connectivity index (χ0v) is 11.1. The lowest BCUT2D eigenvalue weighted by atomic mass is 10.1. The molecule has 102 valence electrons. The first-order chi connectivity index (χ1) is 8.86. The third kappa shape index (κ3) is 4.37. The Morgan fingerprint density at radius 1 is 1.47 bits per heavy atom. The number of hydrogen-bond acceptors (Lipinski definition) is 4. The van der Waals surface area contributed by atoms with Gasteiger partial charge in [-0.3, -0.25) is 4.79 Å². The van der Waals surface area contributed by atoms with Gasteiger partial charge < -0.3 is 10.8 Å². The number of aliphatic hydroxyl groups excluding tert-OH is 1. The van der Waals surface area contributed by atoms with Gasteiger partial charge in [0, 0.05) is 5.56 Å². The highest BCUT2D eigenvalue weighted by Gasteiger charge is 2.15. The molecule has 0 saturated carbocycles. The molecule has 0 heterocycles. The van der Waals surface area contributed by atoms with E-state index in [0.717, 1.165) is 0 Å². The predicted molar refractivity (Wildman–Crippen MR) is 69.5 cm³/mol. The third-order valence-electron chi connectivity index (χ3n) is 2.25. The van der Waals surface area contributed by atoms with E-state index in [0.29, 0.717) is 11.1 Å². The number of nitrogens with two attached hydrogens (primary N) is 1. The first-order valence-corrected chi connectivity index (χ1v) is 6.83. The fourth-order valence-corrected chi connectivity index (χ4v) is 2.41. The van der Waals surface area contributed by atoms with Crippen LogP contribution in [0.4, 0.5) is 0 Å². The Bertz CT molecular complexity index is 641. The summed E-state index contributed by atoms with van der Waals surface area (Å²) in [6, 6.07) is 4.35. The molecule has 0 bridgehead atoms. The second kappa shape index (κ2) is 6.33. The van der Waals surface area contributed by atoms with Gasteiger partial charge in [-0.1, -0.05) is 11.8 Å². The molecule has 0 aliphatic rings. The van der Waals surface area contributed by atoms with Crippen molar-refractivity contribution >= 4 is 15.9 Å². The van der Waals surface area contributed by atoms with Crippen molar-refractivity contribution in [2.45, 2.75) is 11.8 Å². The SMILES string of the molecule is Cc1cc(S(=O)(=O)NCC(N)=O)ccc1C#CCO. The molecule has 1 aromatic rings. The van der Waals surface area contributed by atoms with Crippen LogP contribution < -0.4 is 10.5 Å². The van der Waals surface area contributed by atoms with Gasteiger partial charge in [-0.15, -0.1) is 0 Å². The van der Waals surface area contributed by atoms with Crippen LogP contribution in [0.5, 0.6) is 0 Å². The summed E-state index contributed by atoms with van der Waals surface area (Å²) >= 11 is 0. The van der Waals surface area contributed by atoms with Crippen molar-refractivity contribution < 1.29 is 18.3 Å². The summed E-state index contributed by atoms with van der Waals surface area (Å²) in [5, 5.41) is 8.60. The second-order valence-corrected chi connectivity index (χ2v) is 5.49. The van der Waals surface area contributed by atoms with Crippen molar-refractivity contribution in [1.82, 2.24) is 4.72 Å². The fourth-order valence-electron chi connectivity index (χ4n) is 1.33. The van der Waals surface area contributed by atoms with Crippen molar-refractivity contribution in [3.05, 3.63) is 29.3 Å². The van der Waals surface area contributed by atoms with Crippen LogP contribution in [-0.2, 0) is 14.8 Å². The zero-order valence-electron chi connectivity index (χ0n) is 10.3. The highest BCUT2D eigenvalue weighted by Crippen LogP contribution is 2.14. The fraction of sp³-hybridized carbons (Fsp3) is 0.250. The van der Waals surface area contributed by atoms with Gasteiger partial charge in [-0.25, -0.2) is 13.1 Å². The Kier molecular flexibility index (Phi) is 5.06. The average Bonchev–Trinajstić information content (AvgIpc) is 2.35. The molecule has 0 radical (unpaired) electrons. The van der Waals surface area contributed by atoms with E-state index in [2.05, 4.69) is 16.6 Å². The van der Waals surface area contributed by atoms with Crippen LogP contribution >= 0.6 is 0 Å². The first kappa shape index (κ1) is 15.2. The number of sulfonamides is 1. The molecule has 4 N–H and O–H groups in total. The van der Waals surface area contributed by atoms with Gasteiger partial charge in [0.05, 0.1) is 11.4 Å². The molecule has 0 unspecified atom stereocenters. The van der Waals surface area contributed by atoms with Crippen molar-refractivity contribution in [2.75, 3.05) is 13.2 Å². The number of aryl methyl sites for hydroxylation is 1. The lowest BCUT2D eigenvalue weighted by Crippen LogP contribution is -2.33. The molecule has 0 aromatic heterocycles. The van der Waals surface area contributed by atoms with Crippen LogP contribution in [0.2, 0.25) is 0 Å². The summed E-state index contributed by atoms with van der Waals surface area (Å²) < 4.78 is 25.7. The number of nitrogens with one attached hydrogen (secondary N) is 1. The van der Waals surface area contributed by atoms with E-state index in [1.54, 1.807) is 6.92 Å². The van der Waals surface area contributed by atoms with E-state index in [4.69, 9.17) is 10.8 Å². The van der Waals surface area contributed by atoms with Crippen LogP contribution in [-0.4, -0.2) is 32.6 Å². The van der Waals surface area contributed by atoms with E-state index < -0.39 is 22.5 Å². The van der Waals surface area contributed by atoms with E-state index in [1.165, 1.54) is 18.2 Å². The maximum atomic E-state index is 11.8. The van der Waals surface area contributed by atoms with Gasteiger partial charge in [0.15, 0.2) is 0 Å². The highest BCUT2D eigenvalue weighted by atomic mass is 32.2. The van der Waals surface area contributed by atoms with Crippen molar-refractivity contribution in [2.24, 2.45) is 5.73 Å². The summed E-state index contributed by atoms with van der Waals surface area (Å²) in [5.41, 5.74) is 6.16. The van der Waals surface area contributed by atoms with Gasteiger partial charge in [0.1, 0.15) is 6.61 Å². The Balaban J connectivity index is 3.03. The highest BCUT2D eigenvalue weighted by molar-refractivity contribution is 7.89. The van der Waals surface area contributed by atoms with Gasteiger partial charge >= 0.3 is 0 Å². The van der Waals surface area contributed by atoms with Crippen LogP contribution in [0.25, 0.3) is 0 Å². The Morgan fingerprint density at radius 2 is 2.16 bits per heavy atom. The smallest absolute Gasteiger partial charge is 0.241 e. The van der Waals surface area contributed by atoms with Crippen molar-refractivity contribution in [3.63, 3.8) is 0 Å². The largest absolute Gasteiger partial charge is 0.384 e. The summed E-state index contributed by atoms with van der Waals surface area (Å²) in [6.07, 6.45) is 0. The standard InChI is InChI=1S/C12H14N2O4S/c1-9-7-11(5-4-10(9)3-2-6-15)19(17,18)14-8-12(13)16/h4-5,7,14-15H,6,8H2,1H3,(H2,13,16). The number of amides is 1. The van der Waals surface area contributed by atoms with E-state index in [9.17, 15) is 13.2 Å². The minimum Gasteiger partial charge on any atom is -0.384 e. The van der Waals surface area contributed by atoms with Crippen LogP contribution in [0.1, 0.15) is 11.1 Å². The number of aliphatic hydroxyl groups is 1. The Hall–Kier alpha value is -1.88. The topological polar surface area (TPSA) is 109 Å². The third-order valence-corrected chi connectivity index (χ3v) is 3.65. The molecular formula is C12H14N2O4S. The van der Waals surface area contributed by atoms with Crippen molar-refractivity contribution in [1.29, 1.82) is 0 Å². The molecule has 1 amide bonds. The number of rotatable bonds is 4. The molecule has 7 heteroatoms. The summed E-state index contributed by atoms with van der Waals surface area (Å²) in [4.78, 5) is 10.6. The summed E-state index contributed by atoms with van der Waals surface area (Å²) in [7, 11) is -3.76. The Morgan fingerprint density at radius 3 is 2.68 bits per heavy atom. The van der Waals surface area contributed by atoms with E-state index in [1.807, 2.05) is 0 Å². The monoisotopic (exact) mass is 282 g/mol. The minimum atomic E-state index is -3.76. The molecule has 6 nitrogen and oxygen atoms in total. The van der Waals surface area contributed by atoms with Gasteiger partial charge in [0.2, 0.25) is 15.9 Å². The molecule has 0 spiro atoms. The second-order valence-electron chi connectivity index (χ2n) is 3.73. The number of primary amides is 1. The van der Waals surface area contributed by atoms with E-state index in [-0.39, 0.29) is 11.5 Å². The number of benzene rings is 1. The van der Waals surface area contributed by atoms with Crippen LogP contribution in [0, 0.1) is 18.8 Å². The predicted octanol–water partition coefficient (Wildman–Crippen LogP) is -0.898. The lowest BCUT2D eigenvalue weighted by molar-refractivity contribution is -0.116. The minimum absolute atomic E-state index is 0.0285. The number of carbonyl (C=O) groups is 1. The Labute approximate surface area is 111 Å². The normalized spacial score (nSPS) is 10.6. The molecule has 0 saturated heterocycles. The molecule has 1 aromatic carbocycles. The van der Waals surface area contributed by atoms with Gasteiger partial charge in [0.25, 0.3) is 0 Å². The van der Waals surface area contributed by atoms with Gasteiger partial charge in [-0.2, -0.15) is 0 Å². The summed E-state index contributed by atoms with van der Waals surface area (Å²) in [6.45, 7) is 0.988. The van der Waals surface area contributed by atoms with Crippen LogP contribution in [0.3, 0.4) is 0 Å². The molecule has 19 heavy (non-hydrogen) atoms. The lowest BCUT2D eigenvalue weighted by Gasteiger charge is -2.06. The van der Waals surface area contributed by atoms with Crippen LogP contribution in [0.15, 0.2) is 23.1 Å². The first-order valence-electron chi connectivity index (χ1n) is 5.35. The molecule has 0 atom stereocenters. The zero-order chi connectivity index (χ0) is 14.5. The van der Waals surface area contributed by atoms with Crippen molar-refractivity contribution in [3.8, 4) is 11.8 Å². The molecular weight excluding hydrogens is 268 g/mol. The van der Waals surface area contributed by atoms with Gasteiger partial charge in [-0.05, 0) is 30.7 Å². The molecule has 0 aliphatic heterocycles. The number of hydrogen-bond donors (Lipinski definition) is 3. The maximum Gasteiger partial charge on any atom is 0.241 e. The molecule has 1 rings (SSSR count). The average molecular weight is 282 g/mol. The summed E-state index contributed by atoms with van der Waals surface area (Å²) in [5.74, 6) is 4.43. The molecule has 0 fully saturated rings. The quantitative estimate of drug-likeness (QED) is 0.622. The maximum absolute atomic E-state index is 11.8. The van der Waals surface area contributed by atoms with E-state index >= 15 is 0 Å². The molecule has 0 aliphatic carbocycles. The number of carbonyl (C=O) groups excluding carboxylic acids is 1.